The van der Waals surface area contributed by atoms with Crippen LogP contribution in [-0.4, -0.2) is 21.1 Å². The predicted molar refractivity (Wildman–Crippen MR) is 130 cm³/mol. The van der Waals surface area contributed by atoms with Gasteiger partial charge in [-0.15, -0.1) is 11.3 Å². The average Bonchev–Trinajstić information content (AvgIpc) is 3.49. The van der Waals surface area contributed by atoms with Crippen molar-refractivity contribution in [3.05, 3.63) is 121 Å². The summed E-state index contributed by atoms with van der Waals surface area (Å²) in [5.41, 5.74) is 2.32. The molecule has 1 aliphatic carbocycles. The van der Waals surface area contributed by atoms with Gasteiger partial charge in [0.25, 0.3) is 5.69 Å². The Bertz CT molecular complexity index is 1290. The van der Waals surface area contributed by atoms with E-state index in [0.717, 1.165) is 12.8 Å². The molecule has 1 aromatic heterocycles. The standard InChI is InChI=1S/C25H20ClN3O3S/c26-20-8-5-18(6-9-20)25(30,24-27-11-12-33-24)19-7-10-23(29(31)32)22(15-19)28-21-13-16-3-1-2-4-17(16)14-21/h1-12,15,21,28,30H,13-14H2. The van der Waals surface area contributed by atoms with Gasteiger partial charge in [0.05, 0.1) is 4.92 Å². The molecule has 1 atom stereocenters. The van der Waals surface area contributed by atoms with E-state index in [1.807, 2.05) is 12.1 Å². The minimum atomic E-state index is -1.58. The molecule has 33 heavy (non-hydrogen) atoms. The summed E-state index contributed by atoms with van der Waals surface area (Å²) in [4.78, 5) is 15.7. The third-order valence-corrected chi connectivity index (χ3v) is 7.16. The molecule has 5 rings (SSSR count). The molecule has 6 nitrogen and oxygen atoms in total. The van der Waals surface area contributed by atoms with E-state index in [1.165, 1.54) is 28.5 Å². The molecule has 8 heteroatoms. The van der Waals surface area contributed by atoms with Gasteiger partial charge in [0.15, 0.2) is 5.60 Å². The number of aliphatic hydroxyl groups is 1. The number of aromatic nitrogens is 1. The van der Waals surface area contributed by atoms with E-state index in [4.69, 9.17) is 11.6 Å². The SMILES string of the molecule is O=[N+]([O-])c1ccc(C(O)(c2ccc(Cl)cc2)c2nccs2)cc1NC1Cc2ccccc2C1. The minimum absolute atomic E-state index is 0.0276. The number of nitro groups is 1. The normalized spacial score (nSPS) is 15.1. The molecule has 1 aliphatic rings. The second kappa shape index (κ2) is 8.59. The Hall–Kier alpha value is -3.26. The van der Waals surface area contributed by atoms with Crippen LogP contribution in [0.2, 0.25) is 5.02 Å². The van der Waals surface area contributed by atoms with E-state index in [9.17, 15) is 15.2 Å². The van der Waals surface area contributed by atoms with E-state index >= 15 is 0 Å². The van der Waals surface area contributed by atoms with Crippen LogP contribution in [0.5, 0.6) is 0 Å². The molecule has 0 saturated carbocycles. The van der Waals surface area contributed by atoms with Gasteiger partial charge in [0.1, 0.15) is 10.7 Å². The number of hydrogen-bond donors (Lipinski definition) is 2. The van der Waals surface area contributed by atoms with Crippen molar-refractivity contribution in [2.75, 3.05) is 5.32 Å². The number of anilines is 1. The van der Waals surface area contributed by atoms with Gasteiger partial charge in [0.2, 0.25) is 0 Å². The fourth-order valence-corrected chi connectivity index (χ4v) is 5.33. The molecule has 1 unspecified atom stereocenters. The van der Waals surface area contributed by atoms with Crippen LogP contribution in [0.4, 0.5) is 11.4 Å². The van der Waals surface area contributed by atoms with Crippen LogP contribution >= 0.6 is 22.9 Å². The molecule has 0 radical (unpaired) electrons. The fourth-order valence-electron chi connectivity index (χ4n) is 4.42. The number of nitrogens with one attached hydrogen (secondary N) is 1. The zero-order valence-corrected chi connectivity index (χ0v) is 19.0. The van der Waals surface area contributed by atoms with Crippen molar-refractivity contribution < 1.29 is 10.0 Å². The van der Waals surface area contributed by atoms with E-state index in [0.29, 0.717) is 26.8 Å². The molecule has 0 saturated heterocycles. The fraction of sp³-hybridized carbons (Fsp3) is 0.160. The van der Waals surface area contributed by atoms with Crippen LogP contribution in [0.15, 0.2) is 78.3 Å². The molecule has 4 aromatic rings. The summed E-state index contributed by atoms with van der Waals surface area (Å²) in [6.07, 6.45) is 3.19. The van der Waals surface area contributed by atoms with Crippen molar-refractivity contribution in [2.45, 2.75) is 24.5 Å². The molecular weight excluding hydrogens is 458 g/mol. The second-order valence-corrected chi connectivity index (χ2v) is 9.39. The van der Waals surface area contributed by atoms with Crippen LogP contribution in [0.1, 0.15) is 27.3 Å². The summed E-state index contributed by atoms with van der Waals surface area (Å²) in [5, 5.41) is 29.9. The number of nitrogens with zero attached hydrogens (tertiary/aromatic N) is 2. The Labute approximate surface area is 199 Å². The lowest BCUT2D eigenvalue weighted by atomic mass is 9.86. The topological polar surface area (TPSA) is 88.3 Å². The summed E-state index contributed by atoms with van der Waals surface area (Å²) in [6, 6.07) is 19.8. The smallest absolute Gasteiger partial charge is 0.292 e. The highest BCUT2D eigenvalue weighted by Crippen LogP contribution is 2.41. The lowest BCUT2D eigenvalue weighted by molar-refractivity contribution is -0.384. The molecule has 0 bridgehead atoms. The summed E-state index contributed by atoms with van der Waals surface area (Å²) in [5.74, 6) is 0. The Morgan fingerprint density at radius 2 is 1.73 bits per heavy atom. The number of nitro benzene ring substituents is 1. The second-order valence-electron chi connectivity index (χ2n) is 8.06. The molecule has 166 valence electrons. The van der Waals surface area contributed by atoms with Crippen molar-refractivity contribution >= 4 is 34.3 Å². The maximum Gasteiger partial charge on any atom is 0.292 e. The first-order valence-corrected chi connectivity index (χ1v) is 11.7. The third kappa shape index (κ3) is 3.99. The van der Waals surface area contributed by atoms with Gasteiger partial charge >= 0.3 is 0 Å². The van der Waals surface area contributed by atoms with Crippen molar-refractivity contribution in [3.63, 3.8) is 0 Å². The summed E-state index contributed by atoms with van der Waals surface area (Å²) in [6.45, 7) is 0. The van der Waals surface area contributed by atoms with Gasteiger partial charge in [0, 0.05) is 28.7 Å². The number of thiazole rings is 1. The summed E-state index contributed by atoms with van der Waals surface area (Å²) in [7, 11) is 0. The highest BCUT2D eigenvalue weighted by atomic mass is 35.5. The first kappa shape index (κ1) is 21.6. The highest BCUT2D eigenvalue weighted by Gasteiger charge is 2.38. The number of benzene rings is 3. The van der Waals surface area contributed by atoms with E-state index in [-0.39, 0.29) is 11.7 Å². The minimum Gasteiger partial charge on any atom is -0.376 e. The Morgan fingerprint density at radius 1 is 1.06 bits per heavy atom. The van der Waals surface area contributed by atoms with E-state index in [2.05, 4.69) is 22.4 Å². The van der Waals surface area contributed by atoms with Crippen LogP contribution < -0.4 is 5.32 Å². The molecule has 0 spiro atoms. The molecular formula is C25H20ClN3O3S. The number of rotatable bonds is 6. The van der Waals surface area contributed by atoms with Crippen LogP contribution in [0.3, 0.4) is 0 Å². The molecule has 1 heterocycles. The molecule has 0 amide bonds. The van der Waals surface area contributed by atoms with Gasteiger partial charge in [-0.1, -0.05) is 48.0 Å². The zero-order valence-electron chi connectivity index (χ0n) is 17.4. The molecule has 0 aliphatic heterocycles. The lowest BCUT2D eigenvalue weighted by Gasteiger charge is -2.28. The summed E-state index contributed by atoms with van der Waals surface area (Å²) < 4.78 is 0. The van der Waals surface area contributed by atoms with E-state index < -0.39 is 10.5 Å². The van der Waals surface area contributed by atoms with Crippen LogP contribution in [0, 0.1) is 10.1 Å². The Kier molecular flexibility index (Phi) is 5.62. The van der Waals surface area contributed by atoms with Crippen molar-refractivity contribution in [2.24, 2.45) is 0 Å². The first-order valence-electron chi connectivity index (χ1n) is 10.5. The average molecular weight is 478 g/mol. The van der Waals surface area contributed by atoms with Gasteiger partial charge in [-0.05, 0) is 59.4 Å². The van der Waals surface area contributed by atoms with Crippen molar-refractivity contribution in [3.8, 4) is 0 Å². The Balaban J connectivity index is 1.57. The monoisotopic (exact) mass is 477 g/mol. The van der Waals surface area contributed by atoms with Crippen molar-refractivity contribution in [1.29, 1.82) is 0 Å². The number of fused-ring (bicyclic) bond motifs is 1. The lowest BCUT2D eigenvalue weighted by Crippen LogP contribution is -2.29. The zero-order chi connectivity index (χ0) is 23.0. The molecule has 2 N–H and O–H groups in total. The largest absolute Gasteiger partial charge is 0.376 e. The third-order valence-electron chi connectivity index (χ3n) is 6.03. The maximum absolute atomic E-state index is 12.0. The number of hydrogen-bond acceptors (Lipinski definition) is 6. The van der Waals surface area contributed by atoms with Gasteiger partial charge in [-0.25, -0.2) is 4.98 Å². The Morgan fingerprint density at radius 3 is 2.33 bits per heavy atom. The van der Waals surface area contributed by atoms with Gasteiger partial charge in [-0.3, -0.25) is 10.1 Å². The van der Waals surface area contributed by atoms with Gasteiger partial charge < -0.3 is 10.4 Å². The van der Waals surface area contributed by atoms with Crippen molar-refractivity contribution in [1.82, 2.24) is 4.98 Å². The quantitative estimate of drug-likeness (QED) is 0.280. The molecule has 0 fully saturated rings. The van der Waals surface area contributed by atoms with Crippen LogP contribution in [-0.2, 0) is 18.4 Å². The van der Waals surface area contributed by atoms with Crippen LogP contribution in [0.25, 0.3) is 0 Å². The predicted octanol–water partition coefficient (Wildman–Crippen LogP) is 5.57. The summed E-state index contributed by atoms with van der Waals surface area (Å²) >= 11 is 7.38. The maximum atomic E-state index is 12.0. The number of halogens is 1. The van der Waals surface area contributed by atoms with Gasteiger partial charge in [-0.2, -0.15) is 0 Å². The first-order chi connectivity index (χ1) is 15.9. The van der Waals surface area contributed by atoms with E-state index in [1.54, 1.807) is 48.0 Å². The molecule has 3 aromatic carbocycles. The highest BCUT2D eigenvalue weighted by molar-refractivity contribution is 7.09.